The van der Waals surface area contributed by atoms with E-state index in [0.717, 1.165) is 50.0 Å². The summed E-state index contributed by atoms with van der Waals surface area (Å²) >= 11 is 1.99. The van der Waals surface area contributed by atoms with Crippen LogP contribution in [0.15, 0.2) is 145 Å². The zero-order valence-electron chi connectivity index (χ0n) is 29.2. The van der Waals surface area contributed by atoms with Crippen LogP contribution in [-0.2, 0) is 0 Å². The number of rotatable bonds is 5. The Kier molecular flexibility index (Phi) is 7.21. The predicted molar refractivity (Wildman–Crippen MR) is 214 cm³/mol. The van der Waals surface area contributed by atoms with Crippen molar-refractivity contribution in [2.75, 3.05) is 0 Å². The van der Waals surface area contributed by atoms with E-state index in [1.807, 2.05) is 11.3 Å². The molecular weight excluding hydrogens is 655 g/mol. The average molecular weight is 696 g/mol. The molecule has 52 heavy (non-hydrogen) atoms. The van der Waals surface area contributed by atoms with Crippen molar-refractivity contribution < 1.29 is 9.47 Å². The van der Waals surface area contributed by atoms with E-state index in [4.69, 9.17) is 9.47 Å². The van der Waals surface area contributed by atoms with Crippen molar-refractivity contribution in [3.63, 3.8) is 0 Å². The Morgan fingerprint density at radius 3 is 2.46 bits per heavy atom. The van der Waals surface area contributed by atoms with Crippen LogP contribution in [0.25, 0.3) is 27.4 Å². The van der Waals surface area contributed by atoms with Crippen molar-refractivity contribution in [1.29, 1.82) is 0 Å². The molecule has 0 N–H and O–H groups in total. The van der Waals surface area contributed by atoms with Gasteiger partial charge in [-0.05, 0) is 84.7 Å². The molecule has 256 valence electrons. The Balaban J connectivity index is 1.00. The quantitative estimate of drug-likeness (QED) is 0.194. The van der Waals surface area contributed by atoms with Gasteiger partial charge < -0.3 is 14.4 Å². The number of para-hydroxylation sites is 2. The third kappa shape index (κ3) is 4.84. The molecule has 6 unspecified atom stereocenters. The van der Waals surface area contributed by atoms with Crippen LogP contribution < -0.4 is 19.2 Å². The standard InChI is InChI=1S/C48H41NO2S/c1-2-11-31(12-3-1)34-15-8-17-39-40-18-10-20-42(48(40)52-47(34)39)49(41-19-9-16-38-36-14-5-7-22-44(36)51-46(38)41)33-26-23-30(24-27-33)32-25-28-37-35-13-4-6-21-43(35)50-45(37)29-32/h2,4-9,11-15,17-19,21-23,25-30,37-38,41,45-46H,1,3,10,16,20,24H2. The summed E-state index contributed by atoms with van der Waals surface area (Å²) in [6, 6.07) is 24.2. The molecule has 7 aliphatic rings. The van der Waals surface area contributed by atoms with Gasteiger partial charge in [0.25, 0.3) is 0 Å². The van der Waals surface area contributed by atoms with Gasteiger partial charge in [0.1, 0.15) is 23.7 Å². The highest BCUT2D eigenvalue weighted by atomic mass is 32.1. The van der Waals surface area contributed by atoms with Gasteiger partial charge in [0, 0.05) is 50.4 Å². The van der Waals surface area contributed by atoms with Crippen molar-refractivity contribution in [3.8, 4) is 11.5 Å². The van der Waals surface area contributed by atoms with Crippen LogP contribution in [0.1, 0.15) is 67.1 Å². The molecule has 11 rings (SSSR count). The second kappa shape index (κ2) is 12.3. The predicted octanol–water partition coefficient (Wildman–Crippen LogP) is 9.99. The molecule has 0 bridgehead atoms. The molecule has 2 aliphatic heterocycles. The van der Waals surface area contributed by atoms with Gasteiger partial charge in [0.15, 0.2) is 0 Å². The van der Waals surface area contributed by atoms with Gasteiger partial charge >= 0.3 is 0 Å². The SMILES string of the molecule is C1=CC(c2cccc3c4c(sc23)=C(N(C2=CCC(C3=CC5Oc6ccccc6C5C=C3)C=C2)C2C=CCC3c5ccccc5OC32)CCC=4)=CCC1. The lowest BCUT2D eigenvalue weighted by molar-refractivity contribution is 0.133. The second-order valence-electron chi connectivity index (χ2n) is 15.1. The first-order chi connectivity index (χ1) is 25.8. The summed E-state index contributed by atoms with van der Waals surface area (Å²) in [5.74, 6) is 3.04. The number of fused-ring (bicyclic) bond motifs is 9. The lowest BCUT2D eigenvalue weighted by Gasteiger charge is -2.42. The molecule has 0 spiro atoms. The van der Waals surface area contributed by atoms with Crippen molar-refractivity contribution in [1.82, 2.24) is 4.90 Å². The highest BCUT2D eigenvalue weighted by molar-refractivity contribution is 7.17. The van der Waals surface area contributed by atoms with Crippen LogP contribution in [0.3, 0.4) is 0 Å². The highest BCUT2D eigenvalue weighted by Crippen LogP contribution is 2.47. The lowest BCUT2D eigenvalue weighted by atomic mass is 9.82. The zero-order valence-corrected chi connectivity index (χ0v) is 30.0. The molecule has 1 aromatic heterocycles. The number of allylic oxidation sites excluding steroid dienone is 10. The van der Waals surface area contributed by atoms with Gasteiger partial charge in [-0.1, -0.05) is 115 Å². The first-order valence-corrected chi connectivity index (χ1v) is 20.0. The third-order valence-electron chi connectivity index (χ3n) is 12.2. The van der Waals surface area contributed by atoms with Crippen LogP contribution in [0.2, 0.25) is 0 Å². The Hall–Kier alpha value is -5.06. The molecule has 4 heteroatoms. The molecule has 0 fully saturated rings. The Morgan fingerprint density at radius 2 is 1.60 bits per heavy atom. The Morgan fingerprint density at radius 1 is 0.712 bits per heavy atom. The van der Waals surface area contributed by atoms with Crippen LogP contribution >= 0.6 is 11.3 Å². The third-order valence-corrected chi connectivity index (χ3v) is 13.5. The van der Waals surface area contributed by atoms with Crippen molar-refractivity contribution in [2.45, 2.75) is 68.6 Å². The van der Waals surface area contributed by atoms with Gasteiger partial charge in [0.05, 0.1) is 10.6 Å². The van der Waals surface area contributed by atoms with E-state index in [2.05, 4.69) is 145 Å². The summed E-state index contributed by atoms with van der Waals surface area (Å²) in [6.07, 6.45) is 35.2. The molecule has 4 aromatic rings. The van der Waals surface area contributed by atoms with Gasteiger partial charge in [-0.2, -0.15) is 0 Å². The highest BCUT2D eigenvalue weighted by Gasteiger charge is 2.44. The number of ether oxygens (including phenoxy) is 2. The average Bonchev–Trinajstić information content (AvgIpc) is 3.90. The fourth-order valence-electron chi connectivity index (χ4n) is 9.73. The fourth-order valence-corrected chi connectivity index (χ4v) is 11.1. The molecular formula is C48H41NO2S. The maximum absolute atomic E-state index is 6.91. The molecule has 6 atom stereocenters. The molecule has 0 saturated carbocycles. The monoisotopic (exact) mass is 695 g/mol. The summed E-state index contributed by atoms with van der Waals surface area (Å²) in [5, 5.41) is 2.79. The minimum atomic E-state index is 0.0563. The van der Waals surface area contributed by atoms with E-state index < -0.39 is 0 Å². The largest absolute Gasteiger partial charge is 0.487 e. The Labute approximate surface area is 309 Å². The molecule has 0 saturated heterocycles. The van der Waals surface area contributed by atoms with Crippen LogP contribution in [0.4, 0.5) is 0 Å². The molecule has 3 aromatic carbocycles. The molecule has 3 nitrogen and oxygen atoms in total. The van der Waals surface area contributed by atoms with E-state index in [9.17, 15) is 0 Å². The molecule has 3 heterocycles. The van der Waals surface area contributed by atoms with Crippen LogP contribution in [0.5, 0.6) is 11.5 Å². The first kappa shape index (κ1) is 30.6. The number of hydrogen-bond acceptors (Lipinski definition) is 4. The van der Waals surface area contributed by atoms with Gasteiger partial charge in [-0.15, -0.1) is 11.3 Å². The summed E-state index contributed by atoms with van der Waals surface area (Å²) in [4.78, 5) is 2.68. The van der Waals surface area contributed by atoms with E-state index >= 15 is 0 Å². The topological polar surface area (TPSA) is 21.7 Å². The maximum Gasteiger partial charge on any atom is 0.130 e. The Bertz CT molecular complexity index is 2490. The van der Waals surface area contributed by atoms with Crippen LogP contribution in [-0.4, -0.2) is 23.1 Å². The fraction of sp³-hybridized carbons (Fsp3) is 0.250. The summed E-state index contributed by atoms with van der Waals surface area (Å²) in [6.45, 7) is 0. The van der Waals surface area contributed by atoms with Crippen molar-refractivity contribution in [2.24, 2.45) is 5.92 Å². The van der Waals surface area contributed by atoms with E-state index in [0.29, 0.717) is 17.8 Å². The van der Waals surface area contributed by atoms with Gasteiger partial charge in [0.2, 0.25) is 0 Å². The van der Waals surface area contributed by atoms with Crippen LogP contribution in [0, 0.1) is 5.92 Å². The van der Waals surface area contributed by atoms with Crippen molar-refractivity contribution >= 4 is 38.8 Å². The first-order valence-electron chi connectivity index (χ1n) is 19.2. The number of nitrogens with zero attached hydrogens (tertiary/aromatic N) is 1. The molecule has 5 aliphatic carbocycles. The van der Waals surface area contributed by atoms with E-state index in [1.54, 1.807) is 0 Å². The van der Waals surface area contributed by atoms with E-state index in [-0.39, 0.29) is 18.2 Å². The maximum atomic E-state index is 6.91. The number of benzene rings is 3. The van der Waals surface area contributed by atoms with Gasteiger partial charge in [-0.3, -0.25) is 0 Å². The molecule has 0 radical (unpaired) electrons. The number of hydrogen-bond donors (Lipinski definition) is 0. The second-order valence-corrected chi connectivity index (χ2v) is 16.1. The lowest BCUT2D eigenvalue weighted by Crippen LogP contribution is -2.48. The van der Waals surface area contributed by atoms with E-state index in [1.165, 1.54) is 59.1 Å². The summed E-state index contributed by atoms with van der Waals surface area (Å²) < 4.78 is 16.1. The summed E-state index contributed by atoms with van der Waals surface area (Å²) in [5.41, 5.74) is 9.44. The number of thiophene rings is 1. The van der Waals surface area contributed by atoms with Gasteiger partial charge in [-0.25, -0.2) is 0 Å². The zero-order chi connectivity index (χ0) is 34.2. The minimum Gasteiger partial charge on any atom is -0.487 e. The summed E-state index contributed by atoms with van der Waals surface area (Å²) in [7, 11) is 0. The normalized spacial score (nSPS) is 27.6. The molecule has 0 amide bonds. The smallest absolute Gasteiger partial charge is 0.130 e. The minimum absolute atomic E-state index is 0.0563. The van der Waals surface area contributed by atoms with Crippen molar-refractivity contribution in [3.05, 3.63) is 171 Å².